The molecule has 0 saturated heterocycles. The summed E-state index contributed by atoms with van der Waals surface area (Å²) in [6.45, 7) is 0.119. The van der Waals surface area contributed by atoms with Crippen LogP contribution in [-0.4, -0.2) is 29.8 Å². The minimum atomic E-state index is -0.313. The number of hydrogen-bond acceptors (Lipinski definition) is 5. The highest BCUT2D eigenvalue weighted by atomic mass is 16.5. The summed E-state index contributed by atoms with van der Waals surface area (Å²) < 4.78 is 4.53. The second kappa shape index (κ2) is 5.61. The topological polar surface area (TPSA) is 64.1 Å². The van der Waals surface area contributed by atoms with Gasteiger partial charge >= 0.3 is 5.97 Å². The molecule has 0 aliphatic heterocycles. The van der Waals surface area contributed by atoms with Crippen molar-refractivity contribution in [2.75, 3.05) is 19.0 Å². The maximum absolute atomic E-state index is 10.9. The molecule has 1 aromatic rings. The van der Waals surface area contributed by atoms with E-state index in [9.17, 15) is 4.79 Å². The van der Waals surface area contributed by atoms with E-state index < -0.39 is 0 Å². The van der Waals surface area contributed by atoms with Crippen LogP contribution in [0.3, 0.4) is 0 Å². The van der Waals surface area contributed by atoms with Crippen LogP contribution in [0, 0.1) is 0 Å². The van der Waals surface area contributed by atoms with Crippen LogP contribution in [0.25, 0.3) is 0 Å². The molecule has 0 atom stereocenters. The minimum absolute atomic E-state index is 0.119. The number of carbonyl (C=O) groups excluding carboxylic acids is 1. The molecule has 1 aliphatic rings. The lowest BCUT2D eigenvalue weighted by Gasteiger charge is -2.08. The van der Waals surface area contributed by atoms with Gasteiger partial charge in [-0.2, -0.15) is 5.10 Å². The number of methoxy groups -OCH3 is 1. The Bertz CT molecular complexity index is 372. The SMILES string of the molecule is COC(=O)CNc1ccc(C2CCCC2)nn1. The number of nitrogens with one attached hydrogen (secondary N) is 1. The van der Waals surface area contributed by atoms with Crippen molar-refractivity contribution in [3.05, 3.63) is 17.8 Å². The molecular weight excluding hydrogens is 218 g/mol. The molecule has 17 heavy (non-hydrogen) atoms. The molecule has 0 spiro atoms. The highest BCUT2D eigenvalue weighted by Gasteiger charge is 2.18. The van der Waals surface area contributed by atoms with Crippen LogP contribution in [0.5, 0.6) is 0 Å². The first-order valence-electron chi connectivity index (χ1n) is 5.94. The van der Waals surface area contributed by atoms with Crippen molar-refractivity contribution < 1.29 is 9.53 Å². The third-order valence-corrected chi connectivity index (χ3v) is 3.10. The Labute approximate surface area is 101 Å². The molecule has 0 aromatic carbocycles. The second-order valence-electron chi connectivity index (χ2n) is 4.25. The van der Waals surface area contributed by atoms with Gasteiger partial charge in [0.15, 0.2) is 0 Å². The molecule has 1 heterocycles. The van der Waals surface area contributed by atoms with Crippen LogP contribution < -0.4 is 5.32 Å². The maximum atomic E-state index is 10.9. The van der Waals surface area contributed by atoms with Crippen LogP contribution in [0.4, 0.5) is 5.82 Å². The molecule has 92 valence electrons. The fourth-order valence-corrected chi connectivity index (χ4v) is 2.11. The maximum Gasteiger partial charge on any atom is 0.325 e. The third-order valence-electron chi connectivity index (χ3n) is 3.10. The van der Waals surface area contributed by atoms with E-state index in [2.05, 4.69) is 20.3 Å². The number of ether oxygens (including phenoxy) is 1. The van der Waals surface area contributed by atoms with Gasteiger partial charge < -0.3 is 10.1 Å². The second-order valence-corrected chi connectivity index (χ2v) is 4.25. The van der Waals surface area contributed by atoms with Crippen LogP contribution in [-0.2, 0) is 9.53 Å². The van der Waals surface area contributed by atoms with Gasteiger partial charge in [-0.15, -0.1) is 5.10 Å². The Morgan fingerprint density at radius 2 is 2.18 bits per heavy atom. The van der Waals surface area contributed by atoms with Gasteiger partial charge in [0, 0.05) is 5.92 Å². The first-order valence-corrected chi connectivity index (χ1v) is 5.94. The highest BCUT2D eigenvalue weighted by molar-refractivity contribution is 5.74. The zero-order chi connectivity index (χ0) is 12.1. The molecule has 1 aromatic heterocycles. The predicted molar refractivity (Wildman–Crippen MR) is 63.7 cm³/mol. The number of carbonyl (C=O) groups is 1. The van der Waals surface area contributed by atoms with E-state index in [1.807, 2.05) is 12.1 Å². The Balaban J connectivity index is 1.90. The van der Waals surface area contributed by atoms with Crippen molar-refractivity contribution in [3.8, 4) is 0 Å². The molecule has 2 rings (SSSR count). The predicted octanol–water partition coefficient (Wildman–Crippen LogP) is 1.72. The van der Waals surface area contributed by atoms with Gasteiger partial charge in [-0.3, -0.25) is 4.79 Å². The molecule has 1 fully saturated rings. The standard InChI is InChI=1S/C12H17N3O2/c1-17-12(16)8-13-11-7-6-10(14-15-11)9-4-2-3-5-9/h6-7,9H,2-5,8H2,1H3,(H,13,15). The number of aromatic nitrogens is 2. The van der Waals surface area contributed by atoms with Crippen molar-refractivity contribution in [1.29, 1.82) is 0 Å². The number of nitrogens with zero attached hydrogens (tertiary/aromatic N) is 2. The molecule has 0 unspecified atom stereocenters. The van der Waals surface area contributed by atoms with Crippen molar-refractivity contribution in [3.63, 3.8) is 0 Å². The summed E-state index contributed by atoms with van der Waals surface area (Å²) in [7, 11) is 1.36. The van der Waals surface area contributed by atoms with E-state index in [1.54, 1.807) is 0 Å². The lowest BCUT2D eigenvalue weighted by molar-refractivity contribution is -0.138. The molecule has 1 N–H and O–H groups in total. The summed E-state index contributed by atoms with van der Waals surface area (Å²) >= 11 is 0. The van der Waals surface area contributed by atoms with Gasteiger partial charge in [0.2, 0.25) is 0 Å². The van der Waals surface area contributed by atoms with Crippen LogP contribution in [0.1, 0.15) is 37.3 Å². The first kappa shape index (κ1) is 11.8. The summed E-state index contributed by atoms with van der Waals surface area (Å²) in [5, 5.41) is 11.1. The van der Waals surface area contributed by atoms with Crippen LogP contribution in [0.15, 0.2) is 12.1 Å². The summed E-state index contributed by atoms with van der Waals surface area (Å²) in [6, 6.07) is 3.85. The molecular formula is C12H17N3O2. The largest absolute Gasteiger partial charge is 0.468 e. The zero-order valence-corrected chi connectivity index (χ0v) is 9.98. The van der Waals surface area contributed by atoms with Gasteiger partial charge in [-0.05, 0) is 25.0 Å². The monoisotopic (exact) mass is 235 g/mol. The van der Waals surface area contributed by atoms with Gasteiger partial charge in [-0.25, -0.2) is 0 Å². The lowest BCUT2D eigenvalue weighted by Crippen LogP contribution is -2.16. The summed E-state index contributed by atoms with van der Waals surface area (Å²) in [6.07, 6.45) is 5.00. The Morgan fingerprint density at radius 1 is 1.41 bits per heavy atom. The molecule has 0 bridgehead atoms. The van der Waals surface area contributed by atoms with Gasteiger partial charge in [0.25, 0.3) is 0 Å². The zero-order valence-electron chi connectivity index (χ0n) is 9.98. The lowest BCUT2D eigenvalue weighted by atomic mass is 10.0. The van der Waals surface area contributed by atoms with E-state index in [4.69, 9.17) is 0 Å². The Hall–Kier alpha value is -1.65. The Kier molecular flexibility index (Phi) is 3.90. The van der Waals surface area contributed by atoms with E-state index in [1.165, 1.54) is 32.8 Å². The van der Waals surface area contributed by atoms with Crippen LogP contribution >= 0.6 is 0 Å². The van der Waals surface area contributed by atoms with Crippen molar-refractivity contribution >= 4 is 11.8 Å². The molecule has 0 amide bonds. The smallest absolute Gasteiger partial charge is 0.325 e. The van der Waals surface area contributed by atoms with Crippen LogP contribution in [0.2, 0.25) is 0 Å². The average Bonchev–Trinajstić information content (AvgIpc) is 2.90. The molecule has 5 nitrogen and oxygen atoms in total. The molecule has 1 aliphatic carbocycles. The first-order chi connectivity index (χ1) is 8.29. The summed E-state index contributed by atoms with van der Waals surface area (Å²) in [5.74, 6) is 0.862. The Morgan fingerprint density at radius 3 is 2.76 bits per heavy atom. The van der Waals surface area contributed by atoms with Crippen molar-refractivity contribution in [2.24, 2.45) is 0 Å². The number of hydrogen-bond donors (Lipinski definition) is 1. The number of esters is 1. The van der Waals surface area contributed by atoms with E-state index in [-0.39, 0.29) is 12.5 Å². The number of rotatable bonds is 4. The summed E-state index contributed by atoms with van der Waals surface area (Å²) in [5.41, 5.74) is 1.06. The third kappa shape index (κ3) is 3.15. The highest BCUT2D eigenvalue weighted by Crippen LogP contribution is 2.32. The van der Waals surface area contributed by atoms with Gasteiger partial charge in [0.1, 0.15) is 12.4 Å². The summed E-state index contributed by atoms with van der Waals surface area (Å²) in [4.78, 5) is 10.9. The molecule has 1 saturated carbocycles. The van der Waals surface area contributed by atoms with E-state index in [0.717, 1.165) is 5.69 Å². The minimum Gasteiger partial charge on any atom is -0.468 e. The van der Waals surface area contributed by atoms with Crippen molar-refractivity contribution in [2.45, 2.75) is 31.6 Å². The number of anilines is 1. The van der Waals surface area contributed by atoms with E-state index in [0.29, 0.717) is 11.7 Å². The quantitative estimate of drug-likeness (QED) is 0.805. The molecule has 0 radical (unpaired) electrons. The average molecular weight is 235 g/mol. The van der Waals surface area contributed by atoms with Gasteiger partial charge in [0.05, 0.1) is 12.8 Å². The molecule has 5 heteroatoms. The van der Waals surface area contributed by atoms with Gasteiger partial charge in [-0.1, -0.05) is 12.8 Å². The fraction of sp³-hybridized carbons (Fsp3) is 0.583. The normalized spacial score (nSPS) is 15.8. The fourth-order valence-electron chi connectivity index (χ4n) is 2.11. The van der Waals surface area contributed by atoms with Crippen molar-refractivity contribution in [1.82, 2.24) is 10.2 Å². The van der Waals surface area contributed by atoms with E-state index >= 15 is 0 Å².